The van der Waals surface area contributed by atoms with Gasteiger partial charge in [0.15, 0.2) is 0 Å². The number of carbonyl (C=O) groups is 2. The lowest BCUT2D eigenvalue weighted by Crippen LogP contribution is -2.49. The highest BCUT2D eigenvalue weighted by Crippen LogP contribution is 2.33. The number of nitrogens with zero attached hydrogens (tertiary/aromatic N) is 3. The standard InChI is InChI=1S/C19H27N3O4/c1-20(2)17(23)14-21-10-8-19(9-11-21)15-22(18(24)26-19)12-13-25-16-6-4-3-5-7-16/h3-7H,8-15H2,1-2H3. The molecule has 0 saturated carbocycles. The number of carbonyl (C=O) groups excluding carboxylic acids is 2. The van der Waals surface area contributed by atoms with Crippen molar-refractivity contribution < 1.29 is 19.1 Å². The Morgan fingerprint density at radius 1 is 1.23 bits per heavy atom. The summed E-state index contributed by atoms with van der Waals surface area (Å²) in [6, 6.07) is 9.57. The maximum absolute atomic E-state index is 12.2. The molecule has 2 amide bonds. The summed E-state index contributed by atoms with van der Waals surface area (Å²) < 4.78 is 11.4. The van der Waals surface area contributed by atoms with Crippen LogP contribution in [0.2, 0.25) is 0 Å². The predicted molar refractivity (Wildman–Crippen MR) is 97.1 cm³/mol. The van der Waals surface area contributed by atoms with Gasteiger partial charge in [-0.1, -0.05) is 18.2 Å². The molecule has 2 aliphatic rings. The summed E-state index contributed by atoms with van der Waals surface area (Å²) in [5.74, 6) is 0.901. The van der Waals surface area contributed by atoms with Gasteiger partial charge in [-0.3, -0.25) is 9.69 Å². The van der Waals surface area contributed by atoms with Crippen LogP contribution in [0.4, 0.5) is 4.79 Å². The number of para-hydroxylation sites is 1. The highest BCUT2D eigenvalue weighted by Gasteiger charge is 2.46. The van der Waals surface area contributed by atoms with Crippen molar-refractivity contribution in [2.45, 2.75) is 18.4 Å². The van der Waals surface area contributed by atoms with Crippen molar-refractivity contribution in [2.75, 3.05) is 53.4 Å². The Hall–Kier alpha value is -2.28. The van der Waals surface area contributed by atoms with Crippen molar-refractivity contribution in [1.82, 2.24) is 14.7 Å². The first kappa shape index (κ1) is 18.5. The van der Waals surface area contributed by atoms with Gasteiger partial charge in [-0.05, 0) is 12.1 Å². The molecule has 2 aliphatic heterocycles. The molecule has 3 rings (SSSR count). The van der Waals surface area contributed by atoms with Gasteiger partial charge >= 0.3 is 6.09 Å². The minimum atomic E-state index is -0.415. The maximum Gasteiger partial charge on any atom is 0.410 e. The van der Waals surface area contributed by atoms with Crippen LogP contribution >= 0.6 is 0 Å². The van der Waals surface area contributed by atoms with Crippen LogP contribution in [0.15, 0.2) is 30.3 Å². The molecule has 0 radical (unpaired) electrons. The van der Waals surface area contributed by atoms with Crippen molar-refractivity contribution in [1.29, 1.82) is 0 Å². The van der Waals surface area contributed by atoms with E-state index in [2.05, 4.69) is 4.90 Å². The third-order valence-corrected chi connectivity index (χ3v) is 5.04. The topological polar surface area (TPSA) is 62.3 Å². The van der Waals surface area contributed by atoms with Crippen LogP contribution in [0.5, 0.6) is 5.75 Å². The maximum atomic E-state index is 12.2. The highest BCUT2D eigenvalue weighted by atomic mass is 16.6. The quantitative estimate of drug-likeness (QED) is 0.767. The molecule has 2 heterocycles. The van der Waals surface area contributed by atoms with Crippen LogP contribution in [0.25, 0.3) is 0 Å². The molecule has 1 aromatic carbocycles. The summed E-state index contributed by atoms with van der Waals surface area (Å²) in [5, 5.41) is 0. The Kier molecular flexibility index (Phi) is 5.66. The van der Waals surface area contributed by atoms with E-state index in [1.807, 2.05) is 30.3 Å². The van der Waals surface area contributed by atoms with E-state index in [4.69, 9.17) is 9.47 Å². The number of rotatable bonds is 6. The monoisotopic (exact) mass is 361 g/mol. The number of piperidine rings is 1. The zero-order valence-corrected chi connectivity index (χ0v) is 15.5. The van der Waals surface area contributed by atoms with E-state index in [1.54, 1.807) is 23.9 Å². The second-order valence-corrected chi connectivity index (χ2v) is 7.20. The summed E-state index contributed by atoms with van der Waals surface area (Å²) in [7, 11) is 3.53. The van der Waals surface area contributed by atoms with E-state index in [-0.39, 0.29) is 12.0 Å². The van der Waals surface area contributed by atoms with E-state index in [0.29, 0.717) is 26.2 Å². The molecule has 0 unspecified atom stereocenters. The lowest BCUT2D eigenvalue weighted by atomic mass is 9.91. The number of likely N-dealkylation sites (tertiary alicyclic amines) is 1. The van der Waals surface area contributed by atoms with Gasteiger partial charge in [0.1, 0.15) is 18.0 Å². The second-order valence-electron chi connectivity index (χ2n) is 7.20. The van der Waals surface area contributed by atoms with E-state index in [0.717, 1.165) is 31.7 Å². The number of likely N-dealkylation sites (N-methyl/N-ethyl adjacent to an activating group) is 1. The van der Waals surface area contributed by atoms with Gasteiger partial charge in [0.25, 0.3) is 0 Å². The zero-order valence-electron chi connectivity index (χ0n) is 15.5. The van der Waals surface area contributed by atoms with E-state index >= 15 is 0 Å². The normalized spacial score (nSPS) is 19.5. The summed E-state index contributed by atoms with van der Waals surface area (Å²) in [6.07, 6.45) is 1.25. The zero-order chi connectivity index (χ0) is 18.6. The first-order valence-electron chi connectivity index (χ1n) is 9.06. The molecule has 142 valence electrons. The Bertz CT molecular complexity index is 627. The summed E-state index contributed by atoms with van der Waals surface area (Å²) in [6.45, 7) is 3.50. The lowest BCUT2D eigenvalue weighted by Gasteiger charge is -2.37. The molecule has 0 aliphatic carbocycles. The average Bonchev–Trinajstić information content (AvgIpc) is 2.93. The first-order valence-corrected chi connectivity index (χ1v) is 9.06. The van der Waals surface area contributed by atoms with Crippen LogP contribution in [-0.4, -0.2) is 85.7 Å². The number of benzene rings is 1. The molecule has 26 heavy (non-hydrogen) atoms. The Morgan fingerprint density at radius 2 is 1.92 bits per heavy atom. The Labute approximate surface area is 154 Å². The van der Waals surface area contributed by atoms with Gasteiger partial charge < -0.3 is 19.3 Å². The van der Waals surface area contributed by atoms with Gasteiger partial charge in [0.2, 0.25) is 5.91 Å². The molecule has 7 nitrogen and oxygen atoms in total. The lowest BCUT2D eigenvalue weighted by molar-refractivity contribution is -0.130. The molecular formula is C19H27N3O4. The Morgan fingerprint density at radius 3 is 2.58 bits per heavy atom. The minimum Gasteiger partial charge on any atom is -0.492 e. The van der Waals surface area contributed by atoms with Gasteiger partial charge in [-0.15, -0.1) is 0 Å². The van der Waals surface area contributed by atoms with Crippen LogP contribution in [0, 0.1) is 0 Å². The fourth-order valence-corrected chi connectivity index (χ4v) is 3.37. The van der Waals surface area contributed by atoms with Crippen LogP contribution in [-0.2, 0) is 9.53 Å². The van der Waals surface area contributed by atoms with Crippen molar-refractivity contribution >= 4 is 12.0 Å². The third-order valence-electron chi connectivity index (χ3n) is 5.04. The van der Waals surface area contributed by atoms with E-state index in [1.165, 1.54) is 0 Å². The summed E-state index contributed by atoms with van der Waals surface area (Å²) in [5.41, 5.74) is -0.415. The number of ether oxygens (including phenoxy) is 2. The van der Waals surface area contributed by atoms with E-state index in [9.17, 15) is 9.59 Å². The third kappa shape index (κ3) is 4.46. The number of hydrogen-bond donors (Lipinski definition) is 0. The Balaban J connectivity index is 1.45. The molecule has 7 heteroatoms. The van der Waals surface area contributed by atoms with Crippen molar-refractivity contribution in [3.8, 4) is 5.75 Å². The number of hydrogen-bond acceptors (Lipinski definition) is 5. The molecule has 1 aromatic rings. The van der Waals surface area contributed by atoms with Crippen LogP contribution in [0.1, 0.15) is 12.8 Å². The molecule has 0 aromatic heterocycles. The molecule has 2 saturated heterocycles. The molecule has 0 bridgehead atoms. The van der Waals surface area contributed by atoms with Crippen molar-refractivity contribution in [3.05, 3.63) is 30.3 Å². The molecule has 1 spiro atoms. The summed E-state index contributed by atoms with van der Waals surface area (Å²) >= 11 is 0. The first-order chi connectivity index (χ1) is 12.5. The molecular weight excluding hydrogens is 334 g/mol. The number of amides is 2. The largest absolute Gasteiger partial charge is 0.492 e. The summed E-state index contributed by atoms with van der Waals surface area (Å²) in [4.78, 5) is 29.5. The average molecular weight is 361 g/mol. The fourth-order valence-electron chi connectivity index (χ4n) is 3.37. The fraction of sp³-hybridized carbons (Fsp3) is 0.579. The second kappa shape index (κ2) is 7.95. The van der Waals surface area contributed by atoms with Gasteiger partial charge in [0.05, 0.1) is 19.6 Å². The smallest absolute Gasteiger partial charge is 0.410 e. The molecule has 2 fully saturated rings. The van der Waals surface area contributed by atoms with Gasteiger partial charge in [0, 0.05) is 40.0 Å². The highest BCUT2D eigenvalue weighted by molar-refractivity contribution is 5.77. The SMILES string of the molecule is CN(C)C(=O)CN1CCC2(CC1)CN(CCOc1ccccc1)C(=O)O2. The predicted octanol–water partition coefficient (Wildman–Crippen LogP) is 1.44. The van der Waals surface area contributed by atoms with Gasteiger partial charge in [-0.25, -0.2) is 4.79 Å². The van der Waals surface area contributed by atoms with Crippen LogP contribution < -0.4 is 4.74 Å². The van der Waals surface area contributed by atoms with E-state index < -0.39 is 5.60 Å². The molecule has 0 N–H and O–H groups in total. The molecule has 0 atom stereocenters. The van der Waals surface area contributed by atoms with Gasteiger partial charge in [-0.2, -0.15) is 0 Å². The minimum absolute atomic E-state index is 0.101. The van der Waals surface area contributed by atoms with Crippen molar-refractivity contribution in [2.24, 2.45) is 0 Å². The van der Waals surface area contributed by atoms with Crippen molar-refractivity contribution in [3.63, 3.8) is 0 Å². The van der Waals surface area contributed by atoms with Crippen LogP contribution in [0.3, 0.4) is 0 Å².